The Kier molecular flexibility index (Phi) is 4.44. The molecule has 0 bridgehead atoms. The first-order chi connectivity index (χ1) is 11.1. The Morgan fingerprint density at radius 2 is 2.22 bits per heavy atom. The third-order valence-electron chi connectivity index (χ3n) is 4.89. The summed E-state index contributed by atoms with van der Waals surface area (Å²) in [6.07, 6.45) is 3.57. The average molecular weight is 313 g/mol. The monoisotopic (exact) mass is 313 g/mol. The molecule has 0 saturated carbocycles. The predicted octanol–water partition coefficient (Wildman–Crippen LogP) is 3.35. The van der Waals surface area contributed by atoms with E-state index in [1.54, 1.807) is 0 Å². The van der Waals surface area contributed by atoms with Crippen LogP contribution in [0.2, 0.25) is 0 Å². The van der Waals surface area contributed by atoms with Gasteiger partial charge in [-0.2, -0.15) is 0 Å². The van der Waals surface area contributed by atoms with E-state index in [0.29, 0.717) is 25.0 Å². The molecule has 0 aliphatic heterocycles. The van der Waals surface area contributed by atoms with Gasteiger partial charge in [-0.25, -0.2) is 0 Å². The van der Waals surface area contributed by atoms with Gasteiger partial charge in [-0.05, 0) is 50.7 Å². The highest BCUT2D eigenvalue weighted by Crippen LogP contribution is 2.41. The number of nitrogens with one attached hydrogen (secondary N) is 1. The zero-order valence-electron chi connectivity index (χ0n) is 14.4. The molecule has 1 aromatic heterocycles. The van der Waals surface area contributed by atoms with E-state index in [1.807, 2.05) is 12.1 Å². The molecular weight excluding hydrogens is 286 g/mol. The molecular formula is C19H27N3O. The Hall–Kier alpha value is -1.81. The number of amides is 1. The summed E-state index contributed by atoms with van der Waals surface area (Å²) in [6.45, 7) is 7.68. The number of hydrogen-bond acceptors (Lipinski definition) is 2. The summed E-state index contributed by atoms with van der Waals surface area (Å²) >= 11 is 0. The topological polar surface area (TPSA) is 60.0 Å². The van der Waals surface area contributed by atoms with Gasteiger partial charge in [0.2, 0.25) is 0 Å². The van der Waals surface area contributed by atoms with Crippen LogP contribution < -0.4 is 11.1 Å². The van der Waals surface area contributed by atoms with Gasteiger partial charge in [0.15, 0.2) is 0 Å². The zero-order chi connectivity index (χ0) is 16.6. The lowest BCUT2D eigenvalue weighted by Gasteiger charge is -2.24. The fourth-order valence-electron chi connectivity index (χ4n) is 3.97. The summed E-state index contributed by atoms with van der Waals surface area (Å²) < 4.78 is 2.39. The quantitative estimate of drug-likeness (QED) is 0.909. The first kappa shape index (κ1) is 16.1. The van der Waals surface area contributed by atoms with Crippen molar-refractivity contribution in [3.63, 3.8) is 0 Å². The maximum atomic E-state index is 12.6. The van der Waals surface area contributed by atoms with E-state index in [0.717, 1.165) is 17.5 Å². The normalized spacial score (nSPS) is 17.5. The molecule has 4 heteroatoms. The molecule has 4 nitrogen and oxygen atoms in total. The number of aromatic nitrogens is 1. The Labute approximate surface area is 138 Å². The maximum absolute atomic E-state index is 12.6. The summed E-state index contributed by atoms with van der Waals surface area (Å²) in [7, 11) is 0. The molecule has 1 atom stereocenters. The molecule has 0 saturated heterocycles. The standard InChI is InChI=1S/C19H27N3O/c1-12(2)22-17-13(3)6-4-7-14(17)15-8-5-9-16(18(15)22)19(23)21-11-10-20/h5,8-9,12-13H,4,6-7,10-11,20H2,1-3H3,(H,21,23). The van der Waals surface area contributed by atoms with Crippen LogP contribution in [0.25, 0.3) is 10.9 Å². The lowest BCUT2D eigenvalue weighted by Crippen LogP contribution is -2.29. The molecule has 3 N–H and O–H groups in total. The molecule has 1 aromatic carbocycles. The molecule has 23 heavy (non-hydrogen) atoms. The van der Waals surface area contributed by atoms with E-state index in [-0.39, 0.29) is 5.91 Å². The highest BCUT2D eigenvalue weighted by molar-refractivity contribution is 6.07. The molecule has 0 spiro atoms. The fourth-order valence-corrected chi connectivity index (χ4v) is 3.97. The van der Waals surface area contributed by atoms with Crippen LogP contribution in [-0.4, -0.2) is 23.6 Å². The molecule has 1 heterocycles. The lowest BCUT2D eigenvalue weighted by molar-refractivity contribution is 0.0956. The number of nitrogens with zero attached hydrogens (tertiary/aromatic N) is 1. The first-order valence-electron chi connectivity index (χ1n) is 8.70. The van der Waals surface area contributed by atoms with Crippen LogP contribution in [0.15, 0.2) is 18.2 Å². The van der Waals surface area contributed by atoms with Gasteiger partial charge in [0.25, 0.3) is 5.91 Å². The summed E-state index contributed by atoms with van der Waals surface area (Å²) in [5.41, 5.74) is 10.3. The van der Waals surface area contributed by atoms with Crippen LogP contribution >= 0.6 is 0 Å². The number of hydrogen-bond donors (Lipinski definition) is 2. The van der Waals surface area contributed by atoms with E-state index < -0.39 is 0 Å². The van der Waals surface area contributed by atoms with Gasteiger partial charge >= 0.3 is 0 Å². The highest BCUT2D eigenvalue weighted by atomic mass is 16.1. The van der Waals surface area contributed by atoms with Crippen LogP contribution in [0.3, 0.4) is 0 Å². The van der Waals surface area contributed by atoms with Crippen LogP contribution in [0.4, 0.5) is 0 Å². The second kappa shape index (κ2) is 6.36. The van der Waals surface area contributed by atoms with Crippen molar-refractivity contribution in [1.82, 2.24) is 9.88 Å². The van der Waals surface area contributed by atoms with E-state index in [4.69, 9.17) is 5.73 Å². The summed E-state index contributed by atoms with van der Waals surface area (Å²) in [5.74, 6) is 0.527. The van der Waals surface area contributed by atoms with Crippen molar-refractivity contribution < 1.29 is 4.79 Å². The van der Waals surface area contributed by atoms with Gasteiger partial charge in [-0.15, -0.1) is 0 Å². The van der Waals surface area contributed by atoms with Gasteiger partial charge in [0, 0.05) is 30.2 Å². The molecule has 1 unspecified atom stereocenters. The Balaban J connectivity index is 2.26. The second-order valence-corrected chi connectivity index (χ2v) is 6.87. The Morgan fingerprint density at radius 3 is 2.91 bits per heavy atom. The van der Waals surface area contributed by atoms with Gasteiger partial charge in [0.1, 0.15) is 0 Å². The van der Waals surface area contributed by atoms with Crippen LogP contribution in [-0.2, 0) is 6.42 Å². The van der Waals surface area contributed by atoms with Gasteiger partial charge in [-0.1, -0.05) is 19.1 Å². The molecule has 2 aromatic rings. The molecule has 0 fully saturated rings. The summed E-state index contributed by atoms with van der Waals surface area (Å²) in [4.78, 5) is 12.6. The van der Waals surface area contributed by atoms with Crippen molar-refractivity contribution in [3.05, 3.63) is 35.0 Å². The van der Waals surface area contributed by atoms with Crippen molar-refractivity contribution in [2.24, 2.45) is 5.73 Å². The van der Waals surface area contributed by atoms with E-state index in [1.165, 1.54) is 29.5 Å². The largest absolute Gasteiger partial charge is 0.351 e. The highest BCUT2D eigenvalue weighted by Gasteiger charge is 2.28. The van der Waals surface area contributed by atoms with E-state index in [2.05, 4.69) is 36.7 Å². The number of benzene rings is 1. The first-order valence-corrected chi connectivity index (χ1v) is 8.70. The third kappa shape index (κ3) is 2.65. The molecule has 0 radical (unpaired) electrons. The minimum atomic E-state index is -0.0227. The minimum absolute atomic E-state index is 0.0227. The van der Waals surface area contributed by atoms with E-state index in [9.17, 15) is 4.79 Å². The number of para-hydroxylation sites is 1. The van der Waals surface area contributed by atoms with Crippen LogP contribution in [0.5, 0.6) is 0 Å². The maximum Gasteiger partial charge on any atom is 0.253 e. The SMILES string of the molecule is CC1CCCc2c1n(C(C)C)c1c(C(=O)NCCN)cccc21. The Morgan fingerprint density at radius 1 is 1.43 bits per heavy atom. The van der Waals surface area contributed by atoms with Crippen molar-refractivity contribution in [2.45, 2.75) is 52.0 Å². The van der Waals surface area contributed by atoms with Crippen molar-refractivity contribution >= 4 is 16.8 Å². The Bertz CT molecular complexity index is 730. The van der Waals surface area contributed by atoms with Crippen molar-refractivity contribution in [2.75, 3.05) is 13.1 Å². The lowest BCUT2D eigenvalue weighted by atomic mass is 9.87. The number of aryl methyl sites for hydroxylation is 1. The number of carbonyl (C=O) groups excluding carboxylic acids is 1. The van der Waals surface area contributed by atoms with Crippen LogP contribution in [0.1, 0.15) is 67.2 Å². The minimum Gasteiger partial charge on any atom is -0.351 e. The molecule has 124 valence electrons. The van der Waals surface area contributed by atoms with Crippen molar-refractivity contribution in [1.29, 1.82) is 0 Å². The smallest absolute Gasteiger partial charge is 0.253 e. The third-order valence-corrected chi connectivity index (χ3v) is 4.89. The molecule has 1 aliphatic rings. The zero-order valence-corrected chi connectivity index (χ0v) is 14.4. The summed E-state index contributed by atoms with van der Waals surface area (Å²) in [5, 5.41) is 4.17. The van der Waals surface area contributed by atoms with Gasteiger partial charge < -0.3 is 15.6 Å². The molecule has 1 amide bonds. The second-order valence-electron chi connectivity index (χ2n) is 6.87. The summed E-state index contributed by atoms with van der Waals surface area (Å²) in [6, 6.07) is 6.45. The number of nitrogens with two attached hydrogens (primary N) is 1. The van der Waals surface area contributed by atoms with Crippen LogP contribution in [0, 0.1) is 0 Å². The van der Waals surface area contributed by atoms with E-state index >= 15 is 0 Å². The molecule has 3 rings (SSSR count). The fraction of sp³-hybridized carbons (Fsp3) is 0.526. The molecule has 1 aliphatic carbocycles. The van der Waals surface area contributed by atoms with Crippen molar-refractivity contribution in [3.8, 4) is 0 Å². The average Bonchev–Trinajstić information content (AvgIpc) is 2.88. The number of rotatable bonds is 4. The predicted molar refractivity (Wildman–Crippen MR) is 95.1 cm³/mol. The van der Waals surface area contributed by atoms with Gasteiger partial charge in [-0.3, -0.25) is 4.79 Å². The number of carbonyl (C=O) groups is 1. The number of fused-ring (bicyclic) bond motifs is 3. The van der Waals surface area contributed by atoms with Gasteiger partial charge in [0.05, 0.1) is 11.1 Å².